The number of hydrogen-bond acceptors (Lipinski definition) is 5. The van der Waals surface area contributed by atoms with Crippen LogP contribution < -0.4 is 10.9 Å². The van der Waals surface area contributed by atoms with Crippen LogP contribution in [-0.4, -0.2) is 27.2 Å². The van der Waals surface area contributed by atoms with Crippen LogP contribution in [0.1, 0.15) is 63.7 Å². The van der Waals surface area contributed by atoms with Crippen molar-refractivity contribution in [3.05, 3.63) is 26.6 Å². The summed E-state index contributed by atoms with van der Waals surface area (Å²) < 4.78 is 0. The van der Waals surface area contributed by atoms with E-state index in [9.17, 15) is 9.59 Å². The number of rotatable bonds is 6. The molecule has 0 aromatic carbocycles. The molecule has 0 unspecified atom stereocenters. The summed E-state index contributed by atoms with van der Waals surface area (Å²) in [6.07, 6.45) is 4.09. The lowest BCUT2D eigenvalue weighted by Gasteiger charge is -2.33. The van der Waals surface area contributed by atoms with Crippen molar-refractivity contribution in [1.29, 1.82) is 0 Å². The van der Waals surface area contributed by atoms with E-state index in [0.29, 0.717) is 17.3 Å². The minimum absolute atomic E-state index is 0.0211. The number of carbonyl (C=O) groups is 1. The molecule has 2 N–H and O–H groups in total. The molecule has 0 aliphatic heterocycles. The van der Waals surface area contributed by atoms with Crippen molar-refractivity contribution in [3.8, 4) is 0 Å². The predicted molar refractivity (Wildman–Crippen MR) is 115 cm³/mol. The van der Waals surface area contributed by atoms with Gasteiger partial charge in [0.25, 0.3) is 5.56 Å². The number of aryl methyl sites for hydroxylation is 2. The Bertz CT molecular complexity index is 906. The van der Waals surface area contributed by atoms with Gasteiger partial charge in [-0.1, -0.05) is 20.8 Å². The van der Waals surface area contributed by atoms with Crippen molar-refractivity contribution in [2.45, 2.75) is 71.6 Å². The SMILES string of the molecule is CC(C)(C)CC(C)(C)NC(=O)CSCc1nc2sc3c(c2c(=O)[nH]1)CCC3. The Hall–Kier alpha value is -1.34. The molecule has 3 rings (SSSR count). The van der Waals surface area contributed by atoms with E-state index in [0.717, 1.165) is 35.9 Å². The van der Waals surface area contributed by atoms with Crippen LogP contribution in [0.4, 0.5) is 0 Å². The molecule has 7 heteroatoms. The fourth-order valence-electron chi connectivity index (χ4n) is 4.14. The summed E-state index contributed by atoms with van der Waals surface area (Å²) in [5, 5.41) is 3.90. The van der Waals surface area contributed by atoms with Crippen molar-refractivity contribution in [2.24, 2.45) is 5.41 Å². The standard InChI is InChI=1S/C20H29N3O2S2/c1-19(2,3)11-20(4,5)23-15(24)10-26-9-14-21-17(25)16-12-7-6-8-13(12)27-18(16)22-14/h6-11H2,1-5H3,(H,23,24)(H,21,22,25). The van der Waals surface area contributed by atoms with Crippen LogP contribution in [0.25, 0.3) is 10.2 Å². The lowest BCUT2D eigenvalue weighted by molar-refractivity contribution is -0.120. The van der Waals surface area contributed by atoms with E-state index in [1.54, 1.807) is 11.3 Å². The van der Waals surface area contributed by atoms with Crippen LogP contribution in [0.2, 0.25) is 0 Å². The minimum atomic E-state index is -0.237. The van der Waals surface area contributed by atoms with Crippen molar-refractivity contribution < 1.29 is 4.79 Å². The third-order valence-electron chi connectivity index (χ3n) is 4.55. The number of nitrogens with zero attached hydrogens (tertiary/aromatic N) is 1. The molecular weight excluding hydrogens is 378 g/mol. The average Bonchev–Trinajstić information content (AvgIpc) is 3.03. The van der Waals surface area contributed by atoms with Crippen LogP contribution in [0.5, 0.6) is 0 Å². The molecule has 0 bridgehead atoms. The number of H-pyrrole nitrogens is 1. The molecule has 2 aromatic rings. The number of carbonyl (C=O) groups excluding carboxylic acids is 1. The molecule has 0 radical (unpaired) electrons. The third-order valence-corrected chi connectivity index (χ3v) is 6.68. The van der Waals surface area contributed by atoms with Gasteiger partial charge in [0, 0.05) is 10.4 Å². The van der Waals surface area contributed by atoms with Gasteiger partial charge >= 0.3 is 0 Å². The van der Waals surface area contributed by atoms with Crippen LogP contribution in [0.3, 0.4) is 0 Å². The second kappa shape index (κ2) is 7.59. The molecule has 0 saturated heterocycles. The molecule has 1 amide bonds. The summed E-state index contributed by atoms with van der Waals surface area (Å²) in [4.78, 5) is 34.4. The van der Waals surface area contributed by atoms with Crippen LogP contribution in [0.15, 0.2) is 4.79 Å². The summed E-state index contributed by atoms with van der Waals surface area (Å²) in [7, 11) is 0. The second-order valence-corrected chi connectivity index (χ2v) is 11.3. The second-order valence-electron chi connectivity index (χ2n) is 9.21. The zero-order valence-electron chi connectivity index (χ0n) is 16.8. The summed E-state index contributed by atoms with van der Waals surface area (Å²) in [6.45, 7) is 10.6. The molecule has 5 nitrogen and oxygen atoms in total. The zero-order chi connectivity index (χ0) is 19.8. The highest BCUT2D eigenvalue weighted by molar-refractivity contribution is 7.99. The predicted octanol–water partition coefficient (Wildman–Crippen LogP) is 4.04. The molecule has 2 aromatic heterocycles. The van der Waals surface area contributed by atoms with E-state index in [-0.39, 0.29) is 22.4 Å². The molecule has 0 atom stereocenters. The summed E-state index contributed by atoms with van der Waals surface area (Å²) in [5.41, 5.74) is 1.08. The maximum Gasteiger partial charge on any atom is 0.259 e. The molecule has 1 aliphatic rings. The van der Waals surface area contributed by atoms with Gasteiger partial charge in [-0.25, -0.2) is 4.98 Å². The molecular formula is C20H29N3O2S2. The van der Waals surface area contributed by atoms with Gasteiger partial charge in [-0.05, 0) is 50.5 Å². The van der Waals surface area contributed by atoms with E-state index in [1.807, 2.05) is 0 Å². The monoisotopic (exact) mass is 407 g/mol. The molecule has 0 saturated carbocycles. The summed E-state index contributed by atoms with van der Waals surface area (Å²) in [6, 6.07) is 0. The van der Waals surface area contributed by atoms with Crippen molar-refractivity contribution in [1.82, 2.24) is 15.3 Å². The van der Waals surface area contributed by atoms with Crippen molar-refractivity contribution in [2.75, 3.05) is 5.75 Å². The molecule has 27 heavy (non-hydrogen) atoms. The molecule has 148 valence electrons. The van der Waals surface area contributed by atoms with Crippen LogP contribution in [-0.2, 0) is 23.4 Å². The first kappa shape index (κ1) is 20.4. The van der Waals surface area contributed by atoms with Gasteiger partial charge in [-0.2, -0.15) is 0 Å². The lowest BCUT2D eigenvalue weighted by Crippen LogP contribution is -2.46. The van der Waals surface area contributed by atoms with Crippen LogP contribution >= 0.6 is 23.1 Å². The normalized spacial score (nSPS) is 14.6. The van der Waals surface area contributed by atoms with Crippen molar-refractivity contribution in [3.63, 3.8) is 0 Å². The maximum absolute atomic E-state index is 12.5. The number of thioether (sulfide) groups is 1. The molecule has 0 spiro atoms. The molecule has 1 aliphatic carbocycles. The third kappa shape index (κ3) is 5.13. The highest BCUT2D eigenvalue weighted by Gasteiger charge is 2.27. The fourth-order valence-corrected chi connectivity index (χ4v) is 6.11. The maximum atomic E-state index is 12.5. The van der Waals surface area contributed by atoms with Gasteiger partial charge < -0.3 is 10.3 Å². The topological polar surface area (TPSA) is 74.8 Å². The van der Waals surface area contributed by atoms with E-state index in [2.05, 4.69) is 49.9 Å². The smallest absolute Gasteiger partial charge is 0.259 e. The Kier molecular flexibility index (Phi) is 5.73. The van der Waals surface area contributed by atoms with Gasteiger partial charge in [0.15, 0.2) is 0 Å². The number of amides is 1. The fraction of sp³-hybridized carbons (Fsp3) is 0.650. The number of aromatic amines is 1. The minimum Gasteiger partial charge on any atom is -0.350 e. The Morgan fingerprint density at radius 3 is 2.70 bits per heavy atom. The first-order valence-electron chi connectivity index (χ1n) is 9.46. The van der Waals surface area contributed by atoms with E-state index < -0.39 is 0 Å². The van der Waals surface area contributed by atoms with Crippen molar-refractivity contribution >= 4 is 39.2 Å². The first-order chi connectivity index (χ1) is 12.5. The van der Waals surface area contributed by atoms with Gasteiger partial charge in [0.1, 0.15) is 10.7 Å². The van der Waals surface area contributed by atoms with Gasteiger partial charge in [0.2, 0.25) is 5.91 Å². The zero-order valence-corrected chi connectivity index (χ0v) is 18.5. The van der Waals surface area contributed by atoms with E-state index >= 15 is 0 Å². The Labute approximate surface area is 168 Å². The van der Waals surface area contributed by atoms with Gasteiger partial charge in [0.05, 0.1) is 16.9 Å². The largest absolute Gasteiger partial charge is 0.350 e. The summed E-state index contributed by atoms with van der Waals surface area (Å²) >= 11 is 3.13. The lowest BCUT2D eigenvalue weighted by atomic mass is 9.82. The quantitative estimate of drug-likeness (QED) is 0.758. The average molecular weight is 408 g/mol. The Morgan fingerprint density at radius 2 is 2.00 bits per heavy atom. The van der Waals surface area contributed by atoms with Gasteiger partial charge in [-0.3, -0.25) is 9.59 Å². The van der Waals surface area contributed by atoms with E-state index in [4.69, 9.17) is 0 Å². The number of thiophene rings is 1. The Morgan fingerprint density at radius 1 is 1.26 bits per heavy atom. The number of fused-ring (bicyclic) bond motifs is 3. The highest BCUT2D eigenvalue weighted by atomic mass is 32.2. The number of nitrogens with one attached hydrogen (secondary N) is 2. The molecule has 0 fully saturated rings. The highest BCUT2D eigenvalue weighted by Crippen LogP contribution is 2.34. The van der Waals surface area contributed by atoms with Gasteiger partial charge in [-0.15, -0.1) is 23.1 Å². The Balaban J connectivity index is 1.58. The molecule has 2 heterocycles. The summed E-state index contributed by atoms with van der Waals surface area (Å²) in [5.74, 6) is 1.56. The number of aromatic nitrogens is 2. The van der Waals surface area contributed by atoms with Crippen LogP contribution in [0, 0.1) is 5.41 Å². The number of hydrogen-bond donors (Lipinski definition) is 2. The first-order valence-corrected chi connectivity index (χ1v) is 11.4. The van der Waals surface area contributed by atoms with E-state index in [1.165, 1.54) is 22.2 Å².